The Morgan fingerprint density at radius 1 is 1.07 bits per heavy atom. The SMILES string of the molecule is COCC(C)(C)NS(=O)(=O)c1ccc(-c2cc(C(=O)NC3CCOCC3)c(C)n2CC2CCCCC2)cc1C(F)(F)F. The van der Waals surface area contributed by atoms with Gasteiger partial charge in [-0.15, -0.1) is 0 Å². The summed E-state index contributed by atoms with van der Waals surface area (Å²) in [5, 5.41) is 3.06. The van der Waals surface area contributed by atoms with Gasteiger partial charge in [-0.1, -0.05) is 25.3 Å². The van der Waals surface area contributed by atoms with Gasteiger partial charge in [0.1, 0.15) is 0 Å². The zero-order valence-corrected chi connectivity index (χ0v) is 25.6. The maximum atomic E-state index is 14.4. The lowest BCUT2D eigenvalue weighted by atomic mass is 9.89. The smallest absolute Gasteiger partial charge is 0.383 e. The van der Waals surface area contributed by atoms with Gasteiger partial charge in [-0.3, -0.25) is 4.79 Å². The Labute approximate surface area is 246 Å². The molecule has 0 atom stereocenters. The quantitative estimate of drug-likeness (QED) is 0.360. The highest BCUT2D eigenvalue weighted by Gasteiger charge is 2.39. The van der Waals surface area contributed by atoms with Crippen molar-refractivity contribution in [3.05, 3.63) is 41.1 Å². The highest BCUT2D eigenvalue weighted by molar-refractivity contribution is 7.89. The lowest BCUT2D eigenvalue weighted by Crippen LogP contribution is -2.47. The molecule has 8 nitrogen and oxygen atoms in total. The standard InChI is InChI=1S/C30H42F3N3O5S/c1-20-24(28(37)34-23-12-14-41-15-13-23)17-26(36(20)18-21-8-6-5-7-9-21)22-10-11-27(25(16-22)30(31,32)33)42(38,39)35-29(2,3)19-40-4/h10-11,16-17,21,23,35H,5-9,12-15,18-19H2,1-4H3,(H,34,37). The molecule has 1 saturated heterocycles. The third-order valence-electron chi connectivity index (χ3n) is 8.12. The van der Waals surface area contributed by atoms with Crippen molar-refractivity contribution >= 4 is 15.9 Å². The second-order valence-electron chi connectivity index (χ2n) is 12.1. The van der Waals surface area contributed by atoms with Gasteiger partial charge in [-0.05, 0) is 76.1 Å². The molecular weight excluding hydrogens is 571 g/mol. The van der Waals surface area contributed by atoms with Gasteiger partial charge in [0.2, 0.25) is 10.0 Å². The van der Waals surface area contributed by atoms with Crippen molar-refractivity contribution in [2.45, 2.75) is 94.9 Å². The maximum Gasteiger partial charge on any atom is 0.417 e. The number of carbonyl (C=O) groups is 1. The van der Waals surface area contributed by atoms with Crippen molar-refractivity contribution in [2.75, 3.05) is 26.9 Å². The average molecular weight is 614 g/mol. The van der Waals surface area contributed by atoms with Gasteiger partial charge >= 0.3 is 6.18 Å². The number of hydrogen-bond donors (Lipinski definition) is 2. The molecule has 2 heterocycles. The van der Waals surface area contributed by atoms with Gasteiger partial charge in [0.15, 0.2) is 0 Å². The van der Waals surface area contributed by atoms with E-state index in [0.717, 1.165) is 44.2 Å². The van der Waals surface area contributed by atoms with E-state index in [1.54, 1.807) is 6.07 Å². The molecule has 0 unspecified atom stereocenters. The summed E-state index contributed by atoms with van der Waals surface area (Å²) in [6, 6.07) is 4.87. The Morgan fingerprint density at radius 2 is 1.74 bits per heavy atom. The molecule has 0 bridgehead atoms. The molecule has 0 spiro atoms. The number of halogens is 3. The Morgan fingerprint density at radius 3 is 2.36 bits per heavy atom. The van der Waals surface area contributed by atoms with Crippen LogP contribution in [0, 0.1) is 12.8 Å². The van der Waals surface area contributed by atoms with Crippen LogP contribution < -0.4 is 10.0 Å². The summed E-state index contributed by atoms with van der Waals surface area (Å²) in [5.41, 5.74) is -0.669. The topological polar surface area (TPSA) is 98.7 Å². The molecule has 2 aliphatic rings. The van der Waals surface area contributed by atoms with Gasteiger partial charge in [0.05, 0.1) is 28.2 Å². The van der Waals surface area contributed by atoms with Gasteiger partial charge in [-0.25, -0.2) is 13.1 Å². The third-order valence-corrected chi connectivity index (χ3v) is 9.88. The molecule has 1 aliphatic carbocycles. The van der Waals surface area contributed by atoms with Gasteiger partial charge in [-0.2, -0.15) is 13.2 Å². The number of carbonyl (C=O) groups excluding carboxylic acids is 1. The number of amides is 1. The normalized spacial score (nSPS) is 17.9. The fourth-order valence-corrected chi connectivity index (χ4v) is 7.64. The van der Waals surface area contributed by atoms with Crippen LogP contribution in [0.2, 0.25) is 0 Å². The van der Waals surface area contributed by atoms with Crippen LogP contribution in [0.1, 0.15) is 80.4 Å². The molecular formula is C30H42F3N3O5S. The summed E-state index contributed by atoms with van der Waals surface area (Å²) in [6.07, 6.45) is 1.81. The largest absolute Gasteiger partial charge is 0.417 e. The van der Waals surface area contributed by atoms with E-state index in [0.29, 0.717) is 55.5 Å². The number of sulfonamides is 1. The molecule has 234 valence electrons. The summed E-state index contributed by atoms with van der Waals surface area (Å²) in [4.78, 5) is 12.5. The van der Waals surface area contributed by atoms with Crippen LogP contribution in [-0.4, -0.2) is 57.4 Å². The highest BCUT2D eigenvalue weighted by Crippen LogP contribution is 2.39. The molecule has 0 radical (unpaired) electrons. The summed E-state index contributed by atoms with van der Waals surface area (Å²) >= 11 is 0. The summed E-state index contributed by atoms with van der Waals surface area (Å²) < 4.78 is 84.2. The van der Waals surface area contributed by atoms with Crippen LogP contribution in [0.3, 0.4) is 0 Å². The number of methoxy groups -OCH3 is 1. The molecule has 1 aromatic carbocycles. The fraction of sp³-hybridized carbons (Fsp3) is 0.633. The molecule has 4 rings (SSSR count). The van der Waals surface area contributed by atoms with E-state index in [2.05, 4.69) is 10.0 Å². The highest BCUT2D eigenvalue weighted by atomic mass is 32.2. The summed E-state index contributed by atoms with van der Waals surface area (Å²) in [5.74, 6) is 0.0619. The maximum absolute atomic E-state index is 14.4. The summed E-state index contributed by atoms with van der Waals surface area (Å²) in [6.45, 7) is 6.54. The molecule has 2 aromatic rings. The van der Waals surface area contributed by atoms with E-state index in [1.807, 2.05) is 11.5 Å². The first-order valence-electron chi connectivity index (χ1n) is 14.5. The van der Waals surface area contributed by atoms with Gasteiger partial charge < -0.3 is 19.4 Å². The second-order valence-corrected chi connectivity index (χ2v) is 13.8. The van der Waals surface area contributed by atoms with Crippen molar-refractivity contribution in [3.63, 3.8) is 0 Å². The Hall–Kier alpha value is -2.41. The van der Waals surface area contributed by atoms with Crippen LogP contribution in [0.25, 0.3) is 11.3 Å². The minimum Gasteiger partial charge on any atom is -0.383 e. The Bertz CT molecular complexity index is 1360. The first kappa shape index (κ1) is 32.5. The first-order chi connectivity index (χ1) is 19.7. The Balaban J connectivity index is 1.77. The molecule has 12 heteroatoms. The van der Waals surface area contributed by atoms with Crippen molar-refractivity contribution in [1.29, 1.82) is 0 Å². The predicted molar refractivity (Wildman–Crippen MR) is 154 cm³/mol. The first-order valence-corrected chi connectivity index (χ1v) is 16.0. The van der Waals surface area contributed by atoms with E-state index in [1.165, 1.54) is 27.0 Å². The van der Waals surface area contributed by atoms with Crippen molar-refractivity contribution in [3.8, 4) is 11.3 Å². The summed E-state index contributed by atoms with van der Waals surface area (Å²) in [7, 11) is -3.17. The van der Waals surface area contributed by atoms with E-state index in [9.17, 15) is 26.4 Å². The van der Waals surface area contributed by atoms with Crippen molar-refractivity contribution in [1.82, 2.24) is 14.6 Å². The fourth-order valence-electron chi connectivity index (χ4n) is 6.04. The van der Waals surface area contributed by atoms with E-state index >= 15 is 0 Å². The molecule has 1 saturated carbocycles. The molecule has 2 N–H and O–H groups in total. The molecule has 42 heavy (non-hydrogen) atoms. The predicted octanol–water partition coefficient (Wildman–Crippen LogP) is 5.67. The minimum absolute atomic E-state index is 0.0294. The number of benzene rings is 1. The number of rotatable bonds is 10. The number of ether oxygens (including phenoxy) is 2. The number of nitrogens with one attached hydrogen (secondary N) is 2. The lowest BCUT2D eigenvalue weighted by Gasteiger charge is -2.26. The number of hydrogen-bond acceptors (Lipinski definition) is 5. The van der Waals surface area contributed by atoms with Crippen LogP contribution in [-0.2, 0) is 32.2 Å². The molecule has 1 aliphatic heterocycles. The minimum atomic E-state index is -4.94. The van der Waals surface area contributed by atoms with Gasteiger partial charge in [0.25, 0.3) is 5.91 Å². The number of aromatic nitrogens is 1. The van der Waals surface area contributed by atoms with E-state index in [-0.39, 0.29) is 24.1 Å². The van der Waals surface area contributed by atoms with Gasteiger partial charge in [0, 0.05) is 44.3 Å². The van der Waals surface area contributed by atoms with E-state index < -0.39 is 32.2 Å². The Kier molecular flexibility index (Phi) is 10.1. The van der Waals surface area contributed by atoms with Crippen LogP contribution >= 0.6 is 0 Å². The molecule has 2 fully saturated rings. The lowest BCUT2D eigenvalue weighted by molar-refractivity contribution is -0.139. The zero-order chi connectivity index (χ0) is 30.7. The number of alkyl halides is 3. The average Bonchev–Trinajstić information content (AvgIpc) is 3.24. The zero-order valence-electron chi connectivity index (χ0n) is 24.8. The van der Waals surface area contributed by atoms with Crippen LogP contribution in [0.15, 0.2) is 29.2 Å². The monoisotopic (exact) mass is 613 g/mol. The third kappa shape index (κ3) is 7.75. The molecule has 1 amide bonds. The number of nitrogens with zero attached hydrogens (tertiary/aromatic N) is 1. The van der Waals surface area contributed by atoms with Crippen molar-refractivity contribution in [2.24, 2.45) is 5.92 Å². The second kappa shape index (κ2) is 13.1. The molecule has 1 aromatic heterocycles. The van der Waals surface area contributed by atoms with Crippen LogP contribution in [0.4, 0.5) is 13.2 Å². The van der Waals surface area contributed by atoms with E-state index in [4.69, 9.17) is 9.47 Å². The van der Waals surface area contributed by atoms with Crippen molar-refractivity contribution < 1.29 is 35.9 Å². The van der Waals surface area contributed by atoms with Crippen LogP contribution in [0.5, 0.6) is 0 Å².